The molecule has 1 amide bonds. The van der Waals surface area contributed by atoms with Crippen LogP contribution in [-0.4, -0.2) is 12.5 Å². The summed E-state index contributed by atoms with van der Waals surface area (Å²) in [6.45, 7) is 2.67. The highest BCUT2D eigenvalue weighted by Crippen LogP contribution is 2.40. The van der Waals surface area contributed by atoms with Gasteiger partial charge in [-0.05, 0) is 55.0 Å². The second kappa shape index (κ2) is 12.7. The molecular formula is C27H25ClN2O2S. The Kier molecular flexibility index (Phi) is 9.44. The second-order valence-electron chi connectivity index (χ2n) is 7.23. The molecule has 0 saturated carbocycles. The topological polar surface area (TPSA) is 62.1 Å². The predicted octanol–water partition coefficient (Wildman–Crippen LogP) is 7.74. The molecule has 3 aromatic rings. The van der Waals surface area contributed by atoms with E-state index in [1.54, 1.807) is 48.5 Å². The Hall–Kier alpha value is -3.20. The van der Waals surface area contributed by atoms with Crippen molar-refractivity contribution in [2.75, 3.05) is 11.9 Å². The fourth-order valence-electron chi connectivity index (χ4n) is 3.02. The van der Waals surface area contributed by atoms with Gasteiger partial charge in [0.25, 0.3) is 5.91 Å². The average molecular weight is 477 g/mol. The fourth-order valence-corrected chi connectivity index (χ4v) is 4.29. The number of hydrogen-bond acceptors (Lipinski definition) is 4. The first-order valence-electron chi connectivity index (χ1n) is 10.8. The molecule has 33 heavy (non-hydrogen) atoms. The van der Waals surface area contributed by atoms with Gasteiger partial charge >= 0.3 is 0 Å². The van der Waals surface area contributed by atoms with E-state index in [-0.39, 0.29) is 5.91 Å². The molecule has 0 aliphatic rings. The third-order valence-corrected chi connectivity index (χ3v) is 6.44. The minimum Gasteiger partial charge on any atom is -0.490 e. The number of unbranched alkanes of at least 4 members (excludes halogenated alkanes) is 2. The number of rotatable bonds is 10. The van der Waals surface area contributed by atoms with Crippen molar-refractivity contribution in [1.29, 1.82) is 5.26 Å². The third-order valence-electron chi connectivity index (χ3n) is 4.79. The Morgan fingerprint density at radius 2 is 1.88 bits per heavy atom. The Morgan fingerprint density at radius 3 is 2.64 bits per heavy atom. The van der Waals surface area contributed by atoms with Gasteiger partial charge in [-0.25, -0.2) is 0 Å². The number of amides is 1. The first kappa shape index (κ1) is 24.4. The lowest BCUT2D eigenvalue weighted by Crippen LogP contribution is -2.12. The molecule has 3 aromatic carbocycles. The van der Waals surface area contributed by atoms with E-state index in [1.807, 2.05) is 24.3 Å². The summed E-state index contributed by atoms with van der Waals surface area (Å²) in [6, 6.07) is 21.8. The summed E-state index contributed by atoms with van der Waals surface area (Å²) >= 11 is 7.79. The Balaban J connectivity index is 1.67. The number of carbonyl (C=O) groups is 1. The summed E-state index contributed by atoms with van der Waals surface area (Å²) in [7, 11) is 0. The molecule has 0 bridgehead atoms. The van der Waals surface area contributed by atoms with E-state index in [0.717, 1.165) is 11.3 Å². The Morgan fingerprint density at radius 1 is 1.09 bits per heavy atom. The van der Waals surface area contributed by atoms with Crippen LogP contribution in [0, 0.1) is 11.3 Å². The van der Waals surface area contributed by atoms with Gasteiger partial charge in [-0.1, -0.05) is 73.5 Å². The first-order chi connectivity index (χ1) is 16.1. The van der Waals surface area contributed by atoms with Gasteiger partial charge in [-0.3, -0.25) is 4.79 Å². The Bertz CT molecular complexity index is 1150. The zero-order valence-corrected chi connectivity index (χ0v) is 20.0. The largest absolute Gasteiger partial charge is 0.490 e. The van der Waals surface area contributed by atoms with Crippen LogP contribution in [0.15, 0.2) is 88.7 Å². The van der Waals surface area contributed by atoms with Gasteiger partial charge in [0.15, 0.2) is 0 Å². The number of nitrogens with one attached hydrogen (secondary N) is 1. The number of allylic oxidation sites excluding steroid dienone is 1. The average Bonchev–Trinajstić information content (AvgIpc) is 2.84. The van der Waals surface area contributed by atoms with Gasteiger partial charge in [0.1, 0.15) is 18.4 Å². The molecule has 3 rings (SSSR count). The highest BCUT2D eigenvalue weighted by atomic mass is 35.5. The number of ether oxygens (including phenoxy) is 1. The van der Waals surface area contributed by atoms with E-state index in [9.17, 15) is 10.1 Å². The van der Waals surface area contributed by atoms with E-state index in [4.69, 9.17) is 16.3 Å². The zero-order valence-electron chi connectivity index (χ0n) is 18.4. The summed E-state index contributed by atoms with van der Waals surface area (Å²) in [5, 5.41) is 12.8. The molecule has 0 spiro atoms. The van der Waals surface area contributed by atoms with Crippen molar-refractivity contribution in [3.63, 3.8) is 0 Å². The van der Waals surface area contributed by atoms with Crippen LogP contribution in [0.5, 0.6) is 5.75 Å². The van der Waals surface area contributed by atoms with Crippen LogP contribution in [0.3, 0.4) is 0 Å². The SMILES string of the molecule is CCCC/C=C/COc1ccc(C(=O)Nc2cccc(Cl)c2Sc2ccccc2C#N)cc1. The van der Waals surface area contributed by atoms with Crippen LogP contribution in [-0.2, 0) is 0 Å². The normalized spacial score (nSPS) is 10.7. The van der Waals surface area contributed by atoms with Crippen LogP contribution in [0.2, 0.25) is 5.02 Å². The van der Waals surface area contributed by atoms with Gasteiger partial charge in [-0.15, -0.1) is 0 Å². The highest BCUT2D eigenvalue weighted by Gasteiger charge is 2.14. The molecule has 0 aliphatic carbocycles. The van der Waals surface area contributed by atoms with E-state index < -0.39 is 0 Å². The molecule has 0 radical (unpaired) electrons. The zero-order chi connectivity index (χ0) is 23.5. The number of carbonyl (C=O) groups excluding carboxylic acids is 1. The van der Waals surface area contributed by atoms with Crippen LogP contribution in [0.1, 0.15) is 42.1 Å². The van der Waals surface area contributed by atoms with E-state index >= 15 is 0 Å². The number of benzene rings is 3. The van der Waals surface area contributed by atoms with Gasteiger partial charge in [0.2, 0.25) is 0 Å². The number of halogens is 1. The monoisotopic (exact) mass is 476 g/mol. The quantitative estimate of drug-likeness (QED) is 0.240. The summed E-state index contributed by atoms with van der Waals surface area (Å²) in [6.07, 6.45) is 7.56. The molecule has 6 heteroatoms. The van der Waals surface area contributed by atoms with Crippen LogP contribution < -0.4 is 10.1 Å². The maximum Gasteiger partial charge on any atom is 0.255 e. The maximum absolute atomic E-state index is 12.9. The molecule has 0 atom stereocenters. The van der Waals surface area contributed by atoms with Gasteiger partial charge in [-0.2, -0.15) is 5.26 Å². The van der Waals surface area contributed by atoms with Crippen LogP contribution in [0.25, 0.3) is 0 Å². The third kappa shape index (κ3) is 7.15. The summed E-state index contributed by atoms with van der Waals surface area (Å²) in [4.78, 5) is 14.3. The molecule has 0 aliphatic heterocycles. The molecular weight excluding hydrogens is 452 g/mol. The van der Waals surface area contributed by atoms with Crippen molar-refractivity contribution in [2.45, 2.75) is 36.0 Å². The molecule has 0 saturated heterocycles. The lowest BCUT2D eigenvalue weighted by molar-refractivity contribution is 0.102. The van der Waals surface area contributed by atoms with E-state index in [1.165, 1.54) is 24.6 Å². The predicted molar refractivity (Wildman–Crippen MR) is 135 cm³/mol. The number of anilines is 1. The minimum atomic E-state index is -0.251. The van der Waals surface area contributed by atoms with Crippen LogP contribution in [0.4, 0.5) is 5.69 Å². The first-order valence-corrected chi connectivity index (χ1v) is 12.0. The molecule has 1 N–H and O–H groups in total. The van der Waals surface area contributed by atoms with Gasteiger partial charge in [0.05, 0.1) is 21.2 Å². The van der Waals surface area contributed by atoms with Crippen molar-refractivity contribution in [3.05, 3.63) is 95.0 Å². The lowest BCUT2D eigenvalue weighted by Gasteiger charge is -2.13. The van der Waals surface area contributed by atoms with Gasteiger partial charge in [0, 0.05) is 10.5 Å². The molecule has 0 heterocycles. The Labute approximate surface area is 204 Å². The summed E-state index contributed by atoms with van der Waals surface area (Å²) in [5.74, 6) is 0.456. The van der Waals surface area contributed by atoms with E-state index in [2.05, 4.69) is 24.4 Å². The smallest absolute Gasteiger partial charge is 0.255 e. The number of hydrogen-bond donors (Lipinski definition) is 1. The van der Waals surface area contributed by atoms with Crippen LogP contribution >= 0.6 is 23.4 Å². The summed E-state index contributed by atoms with van der Waals surface area (Å²) < 4.78 is 5.70. The summed E-state index contributed by atoms with van der Waals surface area (Å²) in [5.41, 5.74) is 1.65. The van der Waals surface area contributed by atoms with Crippen molar-refractivity contribution in [1.82, 2.24) is 0 Å². The van der Waals surface area contributed by atoms with Crippen molar-refractivity contribution >= 4 is 35.0 Å². The fraction of sp³-hybridized carbons (Fsp3) is 0.185. The molecule has 4 nitrogen and oxygen atoms in total. The second-order valence-corrected chi connectivity index (χ2v) is 8.69. The molecule has 0 fully saturated rings. The van der Waals surface area contributed by atoms with Gasteiger partial charge < -0.3 is 10.1 Å². The number of nitriles is 1. The lowest BCUT2D eigenvalue weighted by atomic mass is 10.2. The van der Waals surface area contributed by atoms with Crippen molar-refractivity contribution in [3.8, 4) is 11.8 Å². The standard InChI is InChI=1S/C27H25ClN2O2S/c1-2-3-4-5-8-18-32-22-16-14-20(15-17-22)27(31)30-24-12-9-11-23(28)26(24)33-25-13-7-6-10-21(25)19-29/h5-17H,2-4,18H2,1H3,(H,30,31)/b8-5+. The maximum atomic E-state index is 12.9. The molecule has 0 aromatic heterocycles. The number of nitrogens with zero attached hydrogens (tertiary/aromatic N) is 1. The van der Waals surface area contributed by atoms with E-state index in [0.29, 0.717) is 39.1 Å². The molecule has 168 valence electrons. The highest BCUT2D eigenvalue weighted by molar-refractivity contribution is 7.99. The minimum absolute atomic E-state index is 0.251. The molecule has 0 unspecified atom stereocenters. The van der Waals surface area contributed by atoms with Crippen molar-refractivity contribution < 1.29 is 9.53 Å². The van der Waals surface area contributed by atoms with Crippen molar-refractivity contribution in [2.24, 2.45) is 0 Å².